The topological polar surface area (TPSA) is 23.5 Å². The van der Waals surface area contributed by atoms with E-state index in [1.54, 1.807) is 0 Å². The highest BCUT2D eigenvalue weighted by Gasteiger charge is 2.39. The van der Waals surface area contributed by atoms with Gasteiger partial charge >= 0.3 is 0 Å². The van der Waals surface area contributed by atoms with Crippen LogP contribution in [0.1, 0.15) is 49.7 Å². The number of aliphatic hydroxyl groups excluding tert-OH is 1. The Hall–Kier alpha value is -0.860. The second-order valence-electron chi connectivity index (χ2n) is 6.62. The molecule has 0 saturated heterocycles. The van der Waals surface area contributed by atoms with Crippen molar-refractivity contribution in [1.29, 1.82) is 0 Å². The third-order valence-corrected chi connectivity index (χ3v) is 4.99. The summed E-state index contributed by atoms with van der Waals surface area (Å²) in [5.74, 6) is 0. The molecule has 0 heterocycles. The van der Waals surface area contributed by atoms with Crippen molar-refractivity contribution in [2.75, 3.05) is 14.1 Å². The van der Waals surface area contributed by atoms with Crippen LogP contribution in [0.15, 0.2) is 24.3 Å². The van der Waals surface area contributed by atoms with Gasteiger partial charge in [0.05, 0.1) is 6.10 Å². The van der Waals surface area contributed by atoms with Crippen LogP contribution in [0, 0.1) is 6.92 Å². The second kappa shape index (κ2) is 6.73. The van der Waals surface area contributed by atoms with E-state index in [-0.39, 0.29) is 11.6 Å². The minimum atomic E-state index is -0.280. The monoisotopic (exact) mass is 275 g/mol. The first-order chi connectivity index (χ1) is 9.54. The number of benzene rings is 1. The average molecular weight is 275 g/mol. The van der Waals surface area contributed by atoms with Crippen LogP contribution < -0.4 is 0 Å². The number of rotatable bonds is 4. The van der Waals surface area contributed by atoms with Crippen molar-refractivity contribution in [3.8, 4) is 0 Å². The summed E-state index contributed by atoms with van der Waals surface area (Å²) in [6, 6.07) is 8.54. The molecule has 1 saturated carbocycles. The van der Waals surface area contributed by atoms with Crippen molar-refractivity contribution in [3.05, 3.63) is 35.4 Å². The standard InChI is InChI=1S/C18H29NO/c1-15-9-8-10-16(13-15)14-17(20)18(19(2)3)11-6-4-5-7-12-18/h8-10,13,17,20H,4-7,11-12,14H2,1-3H3. The fraction of sp³-hybridized carbons (Fsp3) is 0.667. The van der Waals surface area contributed by atoms with Gasteiger partial charge in [-0.05, 0) is 39.4 Å². The molecular weight excluding hydrogens is 246 g/mol. The number of aliphatic hydroxyl groups is 1. The molecule has 1 aromatic rings. The highest BCUT2D eigenvalue weighted by molar-refractivity contribution is 5.23. The summed E-state index contributed by atoms with van der Waals surface area (Å²) in [5, 5.41) is 10.9. The van der Waals surface area contributed by atoms with Crippen LogP contribution in [-0.4, -0.2) is 35.7 Å². The summed E-state index contributed by atoms with van der Waals surface area (Å²) in [7, 11) is 4.26. The van der Waals surface area contributed by atoms with Gasteiger partial charge in [-0.3, -0.25) is 0 Å². The quantitative estimate of drug-likeness (QED) is 0.849. The first kappa shape index (κ1) is 15.5. The van der Waals surface area contributed by atoms with Gasteiger partial charge in [-0.25, -0.2) is 0 Å². The van der Waals surface area contributed by atoms with Crippen LogP contribution in [0.25, 0.3) is 0 Å². The van der Waals surface area contributed by atoms with Gasteiger partial charge in [-0.1, -0.05) is 55.5 Å². The van der Waals surface area contributed by atoms with Gasteiger partial charge < -0.3 is 10.0 Å². The van der Waals surface area contributed by atoms with Crippen LogP contribution in [0.5, 0.6) is 0 Å². The molecule has 20 heavy (non-hydrogen) atoms. The Kier molecular flexibility index (Phi) is 5.22. The Morgan fingerprint density at radius 3 is 2.35 bits per heavy atom. The molecule has 1 unspecified atom stereocenters. The molecule has 0 spiro atoms. The number of aryl methyl sites for hydroxylation is 1. The number of hydrogen-bond donors (Lipinski definition) is 1. The Morgan fingerprint density at radius 2 is 1.80 bits per heavy atom. The molecule has 1 atom stereocenters. The molecule has 2 nitrogen and oxygen atoms in total. The Labute approximate surface area is 123 Å². The van der Waals surface area contributed by atoms with Gasteiger partial charge in [-0.2, -0.15) is 0 Å². The van der Waals surface area contributed by atoms with Crippen molar-refractivity contribution in [2.24, 2.45) is 0 Å². The second-order valence-corrected chi connectivity index (χ2v) is 6.62. The lowest BCUT2D eigenvalue weighted by molar-refractivity contribution is -0.0174. The van der Waals surface area contributed by atoms with Gasteiger partial charge in [0.2, 0.25) is 0 Å². The SMILES string of the molecule is Cc1cccc(CC(O)C2(N(C)C)CCCCCC2)c1. The van der Waals surface area contributed by atoms with Crippen LogP contribution >= 0.6 is 0 Å². The zero-order valence-electron chi connectivity index (χ0n) is 13.2. The van der Waals surface area contributed by atoms with E-state index in [2.05, 4.69) is 50.2 Å². The first-order valence-electron chi connectivity index (χ1n) is 7.96. The number of hydrogen-bond acceptors (Lipinski definition) is 2. The van der Waals surface area contributed by atoms with Crippen molar-refractivity contribution in [2.45, 2.75) is 63.5 Å². The molecule has 0 aromatic heterocycles. The van der Waals surface area contributed by atoms with E-state index in [9.17, 15) is 5.11 Å². The van der Waals surface area contributed by atoms with Gasteiger partial charge in [0.15, 0.2) is 0 Å². The van der Waals surface area contributed by atoms with Crippen LogP contribution in [0.2, 0.25) is 0 Å². The largest absolute Gasteiger partial charge is 0.391 e. The Bertz CT molecular complexity index is 419. The fourth-order valence-electron chi connectivity index (χ4n) is 3.67. The lowest BCUT2D eigenvalue weighted by Gasteiger charge is -2.43. The lowest BCUT2D eigenvalue weighted by Crippen LogP contribution is -2.54. The van der Waals surface area contributed by atoms with Gasteiger partial charge in [-0.15, -0.1) is 0 Å². The van der Waals surface area contributed by atoms with E-state index in [1.165, 1.54) is 36.8 Å². The number of likely N-dealkylation sites (N-methyl/N-ethyl adjacent to an activating group) is 1. The minimum absolute atomic E-state index is 0.0414. The average Bonchev–Trinajstić information content (AvgIpc) is 2.65. The highest BCUT2D eigenvalue weighted by Crippen LogP contribution is 2.35. The molecular formula is C18H29NO. The predicted octanol–water partition coefficient (Wildman–Crippen LogP) is 3.55. The van der Waals surface area contributed by atoms with Crippen molar-refractivity contribution < 1.29 is 5.11 Å². The van der Waals surface area contributed by atoms with Crippen LogP contribution in [-0.2, 0) is 6.42 Å². The fourth-order valence-corrected chi connectivity index (χ4v) is 3.67. The first-order valence-corrected chi connectivity index (χ1v) is 7.96. The smallest absolute Gasteiger partial charge is 0.0763 e. The maximum absolute atomic E-state index is 10.9. The summed E-state index contributed by atoms with van der Waals surface area (Å²) in [5.41, 5.74) is 2.48. The molecule has 1 aliphatic carbocycles. The molecule has 1 N–H and O–H groups in total. The van der Waals surface area contributed by atoms with Crippen molar-refractivity contribution in [3.63, 3.8) is 0 Å². The highest BCUT2D eigenvalue weighted by atomic mass is 16.3. The Morgan fingerprint density at radius 1 is 1.15 bits per heavy atom. The molecule has 1 aromatic carbocycles. The summed E-state index contributed by atoms with van der Waals surface area (Å²) < 4.78 is 0. The number of nitrogens with zero attached hydrogens (tertiary/aromatic N) is 1. The molecule has 1 fully saturated rings. The van der Waals surface area contributed by atoms with E-state index in [0.717, 1.165) is 19.3 Å². The zero-order chi connectivity index (χ0) is 14.6. The summed E-state index contributed by atoms with van der Waals surface area (Å²) in [4.78, 5) is 2.28. The maximum Gasteiger partial charge on any atom is 0.0763 e. The van der Waals surface area contributed by atoms with Gasteiger partial charge in [0.1, 0.15) is 0 Å². The lowest BCUT2D eigenvalue weighted by atomic mass is 9.80. The van der Waals surface area contributed by atoms with Crippen LogP contribution in [0.4, 0.5) is 0 Å². The van der Waals surface area contributed by atoms with Crippen molar-refractivity contribution in [1.82, 2.24) is 4.90 Å². The van der Waals surface area contributed by atoms with Crippen molar-refractivity contribution >= 4 is 0 Å². The zero-order valence-corrected chi connectivity index (χ0v) is 13.2. The molecule has 2 rings (SSSR count). The molecule has 0 radical (unpaired) electrons. The van der Waals surface area contributed by atoms with E-state index in [1.807, 2.05) is 0 Å². The molecule has 0 amide bonds. The van der Waals surface area contributed by atoms with E-state index in [0.29, 0.717) is 0 Å². The maximum atomic E-state index is 10.9. The van der Waals surface area contributed by atoms with Crippen LogP contribution in [0.3, 0.4) is 0 Å². The Balaban J connectivity index is 2.16. The molecule has 2 heteroatoms. The normalized spacial score (nSPS) is 20.6. The summed E-state index contributed by atoms with van der Waals surface area (Å²) in [6.07, 6.45) is 7.82. The van der Waals surface area contributed by atoms with E-state index < -0.39 is 0 Å². The molecule has 0 aliphatic heterocycles. The molecule has 1 aliphatic rings. The summed E-state index contributed by atoms with van der Waals surface area (Å²) in [6.45, 7) is 2.11. The third-order valence-electron chi connectivity index (χ3n) is 4.99. The molecule has 0 bridgehead atoms. The predicted molar refractivity (Wildman–Crippen MR) is 85.0 cm³/mol. The van der Waals surface area contributed by atoms with Gasteiger partial charge in [0, 0.05) is 12.0 Å². The van der Waals surface area contributed by atoms with Gasteiger partial charge in [0.25, 0.3) is 0 Å². The van der Waals surface area contributed by atoms with E-state index >= 15 is 0 Å². The van der Waals surface area contributed by atoms with E-state index in [4.69, 9.17) is 0 Å². The molecule has 112 valence electrons. The minimum Gasteiger partial charge on any atom is -0.391 e. The third kappa shape index (κ3) is 3.42. The summed E-state index contributed by atoms with van der Waals surface area (Å²) >= 11 is 0.